The van der Waals surface area contributed by atoms with E-state index in [2.05, 4.69) is 24.3 Å². The van der Waals surface area contributed by atoms with Crippen LogP contribution in [0.25, 0.3) is 11.1 Å². The first-order chi connectivity index (χ1) is 12.2. The predicted molar refractivity (Wildman–Crippen MR) is 95.5 cm³/mol. The van der Waals surface area contributed by atoms with Gasteiger partial charge in [0, 0.05) is 12.5 Å². The van der Waals surface area contributed by atoms with E-state index < -0.39 is 0 Å². The minimum atomic E-state index is -0.375. The summed E-state index contributed by atoms with van der Waals surface area (Å²) in [6.07, 6.45) is 1.22. The highest BCUT2D eigenvalue weighted by atomic mass is 16.6. The standard InChI is InChI=1S/C21H21NO3/c1-14(23)20-11-6-12-22(20)21(24)25-13-19-17-9-4-2-7-15(17)16-8-3-5-10-18(16)19/h2-5,7-10,19-20H,6,11-13H2,1H3. The monoisotopic (exact) mass is 335 g/mol. The van der Waals surface area contributed by atoms with Gasteiger partial charge in [0.25, 0.3) is 0 Å². The lowest BCUT2D eigenvalue weighted by Crippen LogP contribution is -2.40. The Morgan fingerprint density at radius 2 is 1.64 bits per heavy atom. The second-order valence-electron chi connectivity index (χ2n) is 6.77. The quantitative estimate of drug-likeness (QED) is 0.852. The summed E-state index contributed by atoms with van der Waals surface area (Å²) in [6.45, 7) is 2.44. The molecule has 0 saturated carbocycles. The van der Waals surface area contributed by atoms with Gasteiger partial charge in [0.1, 0.15) is 6.61 Å². The second-order valence-corrected chi connectivity index (χ2v) is 6.77. The van der Waals surface area contributed by atoms with Crippen molar-refractivity contribution in [3.05, 3.63) is 59.7 Å². The van der Waals surface area contributed by atoms with Gasteiger partial charge in [0.05, 0.1) is 6.04 Å². The Morgan fingerprint density at radius 1 is 1.04 bits per heavy atom. The summed E-state index contributed by atoms with van der Waals surface area (Å²) in [6, 6.07) is 16.2. The minimum absolute atomic E-state index is 0.0333. The van der Waals surface area contributed by atoms with Crippen molar-refractivity contribution in [2.24, 2.45) is 0 Å². The van der Waals surface area contributed by atoms with E-state index in [4.69, 9.17) is 4.74 Å². The molecule has 1 aliphatic carbocycles. The average molecular weight is 335 g/mol. The van der Waals surface area contributed by atoms with Crippen LogP contribution in [0.5, 0.6) is 0 Å². The summed E-state index contributed by atoms with van der Waals surface area (Å²) in [5, 5.41) is 0. The molecule has 4 heteroatoms. The fourth-order valence-electron chi connectivity index (χ4n) is 4.08. The number of Topliss-reactive ketones (excluding diaryl/α,β-unsaturated/α-hetero) is 1. The molecule has 1 saturated heterocycles. The zero-order chi connectivity index (χ0) is 17.4. The highest BCUT2D eigenvalue weighted by molar-refractivity contribution is 5.86. The minimum Gasteiger partial charge on any atom is -0.448 e. The molecule has 4 rings (SSSR count). The molecule has 2 aromatic rings. The summed E-state index contributed by atoms with van der Waals surface area (Å²) >= 11 is 0. The molecule has 1 heterocycles. The van der Waals surface area contributed by atoms with Crippen LogP contribution in [0, 0.1) is 0 Å². The second kappa shape index (κ2) is 6.36. The third-order valence-corrected chi connectivity index (χ3v) is 5.29. The van der Waals surface area contributed by atoms with Gasteiger partial charge in [-0.3, -0.25) is 9.69 Å². The maximum atomic E-state index is 12.5. The SMILES string of the molecule is CC(=O)C1CCCN1C(=O)OCC1c2ccccc2-c2ccccc21. The smallest absolute Gasteiger partial charge is 0.410 e. The number of carbonyl (C=O) groups is 2. The van der Waals surface area contributed by atoms with Gasteiger partial charge in [0.2, 0.25) is 0 Å². The van der Waals surface area contributed by atoms with Crippen LogP contribution in [0.15, 0.2) is 48.5 Å². The summed E-state index contributed by atoms with van der Waals surface area (Å²) in [7, 11) is 0. The van der Waals surface area contributed by atoms with Gasteiger partial charge in [-0.15, -0.1) is 0 Å². The molecule has 1 atom stereocenters. The fourth-order valence-corrected chi connectivity index (χ4v) is 4.08. The van der Waals surface area contributed by atoms with Gasteiger partial charge >= 0.3 is 6.09 Å². The number of likely N-dealkylation sites (tertiary alicyclic amines) is 1. The molecular weight excluding hydrogens is 314 g/mol. The molecule has 1 unspecified atom stereocenters. The summed E-state index contributed by atoms with van der Waals surface area (Å²) in [4.78, 5) is 25.8. The first-order valence-corrected chi connectivity index (χ1v) is 8.79. The van der Waals surface area contributed by atoms with Crippen molar-refractivity contribution in [3.63, 3.8) is 0 Å². The lowest BCUT2D eigenvalue weighted by atomic mass is 9.98. The van der Waals surface area contributed by atoms with Gasteiger partial charge < -0.3 is 4.74 Å². The third kappa shape index (κ3) is 2.72. The molecule has 1 fully saturated rings. The third-order valence-electron chi connectivity index (χ3n) is 5.29. The van der Waals surface area contributed by atoms with Crippen LogP contribution < -0.4 is 0 Å². The van der Waals surface area contributed by atoms with E-state index in [1.54, 1.807) is 11.8 Å². The van der Waals surface area contributed by atoms with E-state index in [-0.39, 0.29) is 23.8 Å². The van der Waals surface area contributed by atoms with Crippen LogP contribution in [0.2, 0.25) is 0 Å². The van der Waals surface area contributed by atoms with Crippen LogP contribution in [-0.4, -0.2) is 36.0 Å². The molecule has 0 aromatic heterocycles. The zero-order valence-corrected chi connectivity index (χ0v) is 14.3. The summed E-state index contributed by atoms with van der Waals surface area (Å²) in [5.41, 5.74) is 4.81. The number of hydrogen-bond donors (Lipinski definition) is 0. The van der Waals surface area contributed by atoms with Crippen LogP contribution in [0.1, 0.15) is 36.8 Å². The Labute approximate surface area is 147 Å². The predicted octanol–water partition coefficient (Wildman–Crippen LogP) is 3.99. The number of ketones is 1. The maximum Gasteiger partial charge on any atom is 0.410 e. The van der Waals surface area contributed by atoms with E-state index in [0.29, 0.717) is 13.2 Å². The van der Waals surface area contributed by atoms with Crippen LogP contribution in [-0.2, 0) is 9.53 Å². The number of carbonyl (C=O) groups excluding carboxylic acids is 2. The van der Waals surface area contributed by atoms with Gasteiger partial charge in [-0.2, -0.15) is 0 Å². The van der Waals surface area contributed by atoms with E-state index in [1.165, 1.54) is 22.3 Å². The average Bonchev–Trinajstić information content (AvgIpc) is 3.23. The molecule has 128 valence electrons. The fraction of sp³-hybridized carbons (Fsp3) is 0.333. The van der Waals surface area contributed by atoms with E-state index in [9.17, 15) is 9.59 Å². The Kier molecular flexibility index (Phi) is 4.04. The van der Waals surface area contributed by atoms with E-state index >= 15 is 0 Å². The normalized spacial score (nSPS) is 18.8. The van der Waals surface area contributed by atoms with Gasteiger partial charge in [0.15, 0.2) is 5.78 Å². The molecule has 0 spiro atoms. The molecule has 25 heavy (non-hydrogen) atoms. The summed E-state index contributed by atoms with van der Waals surface area (Å²) in [5.74, 6) is 0.0840. The molecule has 0 N–H and O–H groups in total. The molecule has 0 radical (unpaired) electrons. The molecule has 2 aromatic carbocycles. The van der Waals surface area contributed by atoms with Crippen molar-refractivity contribution in [1.82, 2.24) is 4.90 Å². The van der Waals surface area contributed by atoms with Crippen LogP contribution in [0.4, 0.5) is 4.79 Å². The van der Waals surface area contributed by atoms with Crippen LogP contribution in [0.3, 0.4) is 0 Å². The van der Waals surface area contributed by atoms with Crippen molar-refractivity contribution >= 4 is 11.9 Å². The molecule has 4 nitrogen and oxygen atoms in total. The highest BCUT2D eigenvalue weighted by Gasteiger charge is 2.34. The number of fused-ring (bicyclic) bond motifs is 3. The van der Waals surface area contributed by atoms with Crippen molar-refractivity contribution in [3.8, 4) is 11.1 Å². The number of nitrogens with zero attached hydrogens (tertiary/aromatic N) is 1. The van der Waals surface area contributed by atoms with Gasteiger partial charge in [-0.1, -0.05) is 48.5 Å². The Hall–Kier alpha value is -2.62. The molecular formula is C21H21NO3. The van der Waals surface area contributed by atoms with Crippen molar-refractivity contribution in [2.45, 2.75) is 31.7 Å². The molecule has 1 amide bonds. The number of benzene rings is 2. The molecule has 1 aliphatic heterocycles. The van der Waals surface area contributed by atoms with Crippen molar-refractivity contribution < 1.29 is 14.3 Å². The van der Waals surface area contributed by atoms with Gasteiger partial charge in [-0.05, 0) is 42.0 Å². The largest absolute Gasteiger partial charge is 0.448 e. The van der Waals surface area contributed by atoms with E-state index in [0.717, 1.165) is 12.8 Å². The topological polar surface area (TPSA) is 46.6 Å². The number of hydrogen-bond acceptors (Lipinski definition) is 3. The Balaban J connectivity index is 1.53. The maximum absolute atomic E-state index is 12.5. The van der Waals surface area contributed by atoms with E-state index in [1.807, 2.05) is 24.3 Å². The lowest BCUT2D eigenvalue weighted by Gasteiger charge is -2.23. The lowest BCUT2D eigenvalue weighted by molar-refractivity contribution is -0.120. The zero-order valence-electron chi connectivity index (χ0n) is 14.3. The summed E-state index contributed by atoms with van der Waals surface area (Å²) < 4.78 is 5.64. The molecule has 2 aliphatic rings. The van der Waals surface area contributed by atoms with Crippen molar-refractivity contribution in [1.29, 1.82) is 0 Å². The highest BCUT2D eigenvalue weighted by Crippen LogP contribution is 2.44. The Morgan fingerprint density at radius 3 is 2.24 bits per heavy atom. The molecule has 0 bridgehead atoms. The first-order valence-electron chi connectivity index (χ1n) is 8.79. The first kappa shape index (κ1) is 15.9. The van der Waals surface area contributed by atoms with Gasteiger partial charge in [-0.25, -0.2) is 4.79 Å². The number of rotatable bonds is 3. The van der Waals surface area contributed by atoms with Crippen LogP contribution >= 0.6 is 0 Å². The number of amides is 1. The number of ether oxygens (including phenoxy) is 1. The van der Waals surface area contributed by atoms with Crippen molar-refractivity contribution in [2.75, 3.05) is 13.2 Å². The Bertz CT molecular complexity index is 784.